The van der Waals surface area contributed by atoms with Crippen LogP contribution in [0.15, 0.2) is 72.4 Å². The minimum absolute atomic E-state index is 0.0231. The molecule has 3 rings (SSSR count). The molecule has 0 bridgehead atoms. The summed E-state index contributed by atoms with van der Waals surface area (Å²) in [5, 5.41) is 4.31. The monoisotopic (exact) mass is 366 g/mol. The molecule has 2 N–H and O–H groups in total. The van der Waals surface area contributed by atoms with Gasteiger partial charge in [-0.1, -0.05) is 18.2 Å². The van der Waals surface area contributed by atoms with Gasteiger partial charge >= 0.3 is 11.9 Å². The zero-order valence-corrected chi connectivity index (χ0v) is 14.8. The fourth-order valence-corrected chi connectivity index (χ4v) is 2.63. The molecule has 8 heteroatoms. The third-order valence-electron chi connectivity index (χ3n) is 3.92. The summed E-state index contributed by atoms with van der Waals surface area (Å²) in [6, 6.07) is 7.26. The number of methoxy groups -OCH3 is 2. The van der Waals surface area contributed by atoms with E-state index < -0.39 is 11.9 Å². The Morgan fingerprint density at radius 2 is 1.81 bits per heavy atom. The minimum Gasteiger partial charge on any atom is -0.465 e. The van der Waals surface area contributed by atoms with Crippen LogP contribution in [-0.2, 0) is 19.1 Å². The zero-order chi connectivity index (χ0) is 19.4. The van der Waals surface area contributed by atoms with Gasteiger partial charge in [-0.25, -0.2) is 14.3 Å². The Hall–Kier alpha value is -3.81. The number of para-hydroxylation sites is 2. The second-order valence-electron chi connectivity index (χ2n) is 5.52. The van der Waals surface area contributed by atoms with Crippen molar-refractivity contribution in [3.8, 4) is 5.69 Å². The smallest absolute Gasteiger partial charge is 0.355 e. The SMILES string of the molecule is COC(=O)C1=C(C(=O)OC)N(c2cnn(-c3ccccc3N)c2)C=CC=C1. The lowest BCUT2D eigenvalue weighted by molar-refractivity contribution is -0.139. The molecule has 0 unspecified atom stereocenters. The summed E-state index contributed by atoms with van der Waals surface area (Å²) in [5.41, 5.74) is 7.88. The van der Waals surface area contributed by atoms with Crippen molar-refractivity contribution in [2.45, 2.75) is 0 Å². The summed E-state index contributed by atoms with van der Waals surface area (Å²) >= 11 is 0. The quantitative estimate of drug-likeness (QED) is 0.652. The third kappa shape index (κ3) is 3.45. The molecule has 0 fully saturated rings. The van der Waals surface area contributed by atoms with Crippen LogP contribution in [0.4, 0.5) is 11.4 Å². The Kier molecular flexibility index (Phi) is 5.07. The summed E-state index contributed by atoms with van der Waals surface area (Å²) in [4.78, 5) is 26.1. The molecular formula is C19H18N4O4. The molecule has 0 radical (unpaired) electrons. The fraction of sp³-hybridized carbons (Fsp3) is 0.105. The van der Waals surface area contributed by atoms with Crippen molar-refractivity contribution >= 4 is 23.3 Å². The molecule has 1 aromatic carbocycles. The molecule has 138 valence electrons. The summed E-state index contributed by atoms with van der Waals surface area (Å²) in [5.74, 6) is -1.33. The van der Waals surface area contributed by atoms with Crippen molar-refractivity contribution < 1.29 is 19.1 Å². The third-order valence-corrected chi connectivity index (χ3v) is 3.92. The molecule has 27 heavy (non-hydrogen) atoms. The summed E-state index contributed by atoms with van der Waals surface area (Å²) in [6.45, 7) is 0. The predicted molar refractivity (Wildman–Crippen MR) is 99.8 cm³/mol. The van der Waals surface area contributed by atoms with Gasteiger partial charge in [-0.2, -0.15) is 5.10 Å². The van der Waals surface area contributed by atoms with Crippen LogP contribution in [0, 0.1) is 0 Å². The standard InChI is InChI=1S/C19H18N4O4/c1-26-18(24)14-7-5-6-10-22(17(14)19(25)27-2)13-11-21-23(12-13)16-9-4-3-8-15(16)20/h3-12H,20H2,1-2H3. The molecule has 0 saturated heterocycles. The highest BCUT2D eigenvalue weighted by Crippen LogP contribution is 2.27. The van der Waals surface area contributed by atoms with E-state index in [4.69, 9.17) is 15.2 Å². The molecule has 0 saturated carbocycles. The van der Waals surface area contributed by atoms with Gasteiger partial charge in [0.1, 0.15) is 5.70 Å². The van der Waals surface area contributed by atoms with Crippen LogP contribution >= 0.6 is 0 Å². The van der Waals surface area contributed by atoms with Gasteiger partial charge in [-0.15, -0.1) is 0 Å². The van der Waals surface area contributed by atoms with Gasteiger partial charge in [0.25, 0.3) is 0 Å². The topological polar surface area (TPSA) is 99.7 Å². The first-order valence-electron chi connectivity index (χ1n) is 8.01. The maximum absolute atomic E-state index is 12.4. The summed E-state index contributed by atoms with van der Waals surface area (Å²) < 4.78 is 11.3. The molecule has 2 heterocycles. The number of aromatic nitrogens is 2. The van der Waals surface area contributed by atoms with Gasteiger partial charge in [0.2, 0.25) is 0 Å². The molecule has 1 aliphatic heterocycles. The lowest BCUT2D eigenvalue weighted by Gasteiger charge is -2.21. The number of rotatable bonds is 4. The molecule has 8 nitrogen and oxygen atoms in total. The maximum atomic E-state index is 12.4. The molecular weight excluding hydrogens is 348 g/mol. The fourth-order valence-electron chi connectivity index (χ4n) is 2.63. The average Bonchev–Trinajstić information content (AvgIpc) is 3.06. The summed E-state index contributed by atoms with van der Waals surface area (Å²) in [6.07, 6.45) is 9.70. The number of ether oxygens (including phenoxy) is 2. The Morgan fingerprint density at radius 3 is 2.52 bits per heavy atom. The van der Waals surface area contributed by atoms with E-state index in [0.29, 0.717) is 17.1 Å². The first kappa shape index (κ1) is 18.0. The van der Waals surface area contributed by atoms with Crippen LogP contribution in [0.25, 0.3) is 5.69 Å². The molecule has 1 aliphatic rings. The number of anilines is 2. The minimum atomic E-state index is -0.682. The van der Waals surface area contributed by atoms with Gasteiger partial charge in [0, 0.05) is 6.20 Å². The Labute approximate surface area is 155 Å². The van der Waals surface area contributed by atoms with Crippen molar-refractivity contribution in [3.63, 3.8) is 0 Å². The number of esters is 2. The molecule has 0 amide bonds. The highest BCUT2D eigenvalue weighted by molar-refractivity contribution is 6.05. The van der Waals surface area contributed by atoms with Gasteiger partial charge in [0.15, 0.2) is 0 Å². The normalized spacial score (nSPS) is 13.5. The average molecular weight is 366 g/mol. The molecule has 1 aromatic heterocycles. The van der Waals surface area contributed by atoms with Gasteiger partial charge in [0.05, 0.1) is 49.2 Å². The predicted octanol–water partition coefficient (Wildman–Crippen LogP) is 1.94. The van der Waals surface area contributed by atoms with Crippen molar-refractivity contribution in [2.75, 3.05) is 24.9 Å². The Morgan fingerprint density at radius 1 is 1.07 bits per heavy atom. The van der Waals surface area contributed by atoms with E-state index in [2.05, 4.69) is 5.10 Å². The second kappa shape index (κ2) is 7.61. The number of nitrogen functional groups attached to an aromatic ring is 1. The number of hydrogen-bond acceptors (Lipinski definition) is 7. The van der Waals surface area contributed by atoms with E-state index in [1.54, 1.807) is 41.5 Å². The number of nitrogens with two attached hydrogens (primary N) is 1. The van der Waals surface area contributed by atoms with Crippen molar-refractivity contribution in [3.05, 3.63) is 72.4 Å². The van der Waals surface area contributed by atoms with E-state index in [9.17, 15) is 9.59 Å². The number of nitrogens with zero attached hydrogens (tertiary/aromatic N) is 3. The van der Waals surface area contributed by atoms with Gasteiger partial charge in [-0.3, -0.25) is 0 Å². The number of carbonyl (C=O) groups excluding carboxylic acids is 2. The number of carbonyl (C=O) groups is 2. The lowest BCUT2D eigenvalue weighted by Crippen LogP contribution is -2.26. The van der Waals surface area contributed by atoms with E-state index in [1.807, 2.05) is 18.2 Å². The lowest BCUT2D eigenvalue weighted by atomic mass is 10.1. The molecule has 0 spiro atoms. The van der Waals surface area contributed by atoms with Crippen molar-refractivity contribution in [2.24, 2.45) is 0 Å². The van der Waals surface area contributed by atoms with E-state index >= 15 is 0 Å². The van der Waals surface area contributed by atoms with Gasteiger partial charge in [-0.05, 0) is 24.3 Å². The maximum Gasteiger partial charge on any atom is 0.355 e. The van der Waals surface area contributed by atoms with Crippen molar-refractivity contribution in [1.82, 2.24) is 9.78 Å². The Balaban J connectivity index is 2.10. The molecule has 2 aromatic rings. The first-order chi connectivity index (χ1) is 13.1. The van der Waals surface area contributed by atoms with E-state index in [-0.39, 0.29) is 11.3 Å². The van der Waals surface area contributed by atoms with Crippen LogP contribution in [0.1, 0.15) is 0 Å². The number of allylic oxidation sites excluding steroid dienone is 2. The van der Waals surface area contributed by atoms with Gasteiger partial charge < -0.3 is 20.1 Å². The second-order valence-corrected chi connectivity index (χ2v) is 5.52. The largest absolute Gasteiger partial charge is 0.465 e. The molecule has 0 atom stereocenters. The van der Waals surface area contributed by atoms with E-state index in [1.165, 1.54) is 25.2 Å². The van der Waals surface area contributed by atoms with E-state index in [0.717, 1.165) is 0 Å². The Bertz CT molecular complexity index is 972. The zero-order valence-electron chi connectivity index (χ0n) is 14.8. The van der Waals surface area contributed by atoms with Crippen LogP contribution < -0.4 is 10.6 Å². The number of hydrogen-bond donors (Lipinski definition) is 1. The number of benzene rings is 1. The van der Waals surface area contributed by atoms with Crippen molar-refractivity contribution in [1.29, 1.82) is 0 Å². The van der Waals surface area contributed by atoms with Crippen LogP contribution in [-0.4, -0.2) is 35.9 Å². The van der Waals surface area contributed by atoms with Crippen LogP contribution in [0.2, 0.25) is 0 Å². The highest BCUT2D eigenvalue weighted by atomic mass is 16.5. The first-order valence-corrected chi connectivity index (χ1v) is 8.01. The summed E-state index contributed by atoms with van der Waals surface area (Å²) in [7, 11) is 2.49. The van der Waals surface area contributed by atoms with Crippen LogP contribution in [0.5, 0.6) is 0 Å². The molecule has 0 aliphatic carbocycles. The van der Waals surface area contributed by atoms with Crippen LogP contribution in [0.3, 0.4) is 0 Å². The highest BCUT2D eigenvalue weighted by Gasteiger charge is 2.28.